The second kappa shape index (κ2) is 3.27. The van der Waals surface area contributed by atoms with Gasteiger partial charge >= 0.3 is 0 Å². The minimum atomic E-state index is 1.00. The lowest BCUT2D eigenvalue weighted by Crippen LogP contribution is -1.91. The van der Waals surface area contributed by atoms with Gasteiger partial charge in [-0.25, -0.2) is 0 Å². The highest BCUT2D eigenvalue weighted by Gasteiger charge is 2.08. The Bertz CT molecular complexity index is 626. The first-order valence-electron chi connectivity index (χ1n) is 5.37. The van der Waals surface area contributed by atoms with E-state index in [4.69, 9.17) is 0 Å². The van der Waals surface area contributed by atoms with Gasteiger partial charge in [-0.1, -0.05) is 12.1 Å². The van der Waals surface area contributed by atoms with E-state index < -0.39 is 0 Å². The summed E-state index contributed by atoms with van der Waals surface area (Å²) < 4.78 is 0. The van der Waals surface area contributed by atoms with Crippen LogP contribution in [0.15, 0.2) is 36.7 Å². The third-order valence-electron chi connectivity index (χ3n) is 3.21. The third kappa shape index (κ3) is 1.13. The van der Waals surface area contributed by atoms with Crippen LogP contribution in [-0.2, 0) is 0 Å². The van der Waals surface area contributed by atoms with Gasteiger partial charge in [-0.2, -0.15) is 0 Å². The molecule has 78 valence electrons. The minimum Gasteiger partial charge on any atom is -0.254 e. The number of benzene rings is 1. The lowest BCUT2D eigenvalue weighted by atomic mass is 9.99. The molecule has 3 aromatic rings. The molecule has 2 aromatic heterocycles. The molecule has 0 unspecified atom stereocenters. The van der Waals surface area contributed by atoms with Crippen LogP contribution in [0.4, 0.5) is 0 Å². The summed E-state index contributed by atoms with van der Waals surface area (Å²) in [7, 11) is 0. The molecule has 3 rings (SSSR count). The number of aromatic nitrogens is 2. The molecule has 16 heavy (non-hydrogen) atoms. The normalized spacial score (nSPS) is 11.1. The molecule has 2 nitrogen and oxygen atoms in total. The van der Waals surface area contributed by atoms with Crippen molar-refractivity contribution in [1.82, 2.24) is 9.97 Å². The minimum absolute atomic E-state index is 1.00. The second-order valence-electron chi connectivity index (χ2n) is 4.05. The van der Waals surface area contributed by atoms with E-state index in [2.05, 4.69) is 35.9 Å². The third-order valence-corrected chi connectivity index (χ3v) is 3.21. The summed E-state index contributed by atoms with van der Waals surface area (Å²) in [5, 5.41) is 2.40. The zero-order valence-corrected chi connectivity index (χ0v) is 9.36. The van der Waals surface area contributed by atoms with Gasteiger partial charge in [0.05, 0.1) is 11.0 Å². The first-order chi connectivity index (χ1) is 7.79. The molecule has 0 aliphatic carbocycles. The molecule has 2 heterocycles. The Morgan fingerprint density at radius 2 is 1.19 bits per heavy atom. The molecular formula is C14H12N2. The van der Waals surface area contributed by atoms with Gasteiger partial charge in [0.2, 0.25) is 0 Å². The molecule has 1 aromatic carbocycles. The van der Waals surface area contributed by atoms with Crippen molar-refractivity contribution in [2.45, 2.75) is 13.8 Å². The zero-order valence-electron chi connectivity index (χ0n) is 9.36. The van der Waals surface area contributed by atoms with Crippen molar-refractivity contribution in [1.29, 1.82) is 0 Å². The van der Waals surface area contributed by atoms with Crippen molar-refractivity contribution < 1.29 is 0 Å². The Morgan fingerprint density at radius 3 is 1.62 bits per heavy atom. The quantitative estimate of drug-likeness (QED) is 0.529. The smallest absolute Gasteiger partial charge is 0.0967 e. The molecule has 0 amide bonds. The second-order valence-corrected chi connectivity index (χ2v) is 4.05. The van der Waals surface area contributed by atoms with Crippen molar-refractivity contribution in [3.63, 3.8) is 0 Å². The van der Waals surface area contributed by atoms with Gasteiger partial charge < -0.3 is 0 Å². The van der Waals surface area contributed by atoms with Crippen LogP contribution < -0.4 is 0 Å². The van der Waals surface area contributed by atoms with Crippen LogP contribution in [0.2, 0.25) is 0 Å². The largest absolute Gasteiger partial charge is 0.254 e. The summed E-state index contributed by atoms with van der Waals surface area (Å²) in [5.41, 5.74) is 4.59. The van der Waals surface area contributed by atoms with Crippen molar-refractivity contribution >= 4 is 21.8 Å². The van der Waals surface area contributed by atoms with Gasteiger partial charge in [-0.05, 0) is 37.1 Å². The summed E-state index contributed by atoms with van der Waals surface area (Å²) in [6, 6.07) is 8.17. The standard InChI is InChI=1S/C14H12N2/c1-9-10(2)12-6-4-8-16-14(12)13-11(9)5-3-7-15-13/h3-8H,1-2H3. The van der Waals surface area contributed by atoms with E-state index >= 15 is 0 Å². The molecule has 0 aliphatic heterocycles. The molecule has 0 N–H and O–H groups in total. The van der Waals surface area contributed by atoms with Crippen molar-refractivity contribution in [2.75, 3.05) is 0 Å². The van der Waals surface area contributed by atoms with Gasteiger partial charge in [0.1, 0.15) is 0 Å². The highest BCUT2D eigenvalue weighted by Crippen LogP contribution is 2.28. The van der Waals surface area contributed by atoms with E-state index in [1.807, 2.05) is 24.5 Å². The van der Waals surface area contributed by atoms with Crippen molar-refractivity contribution in [3.8, 4) is 0 Å². The molecule has 2 heteroatoms. The van der Waals surface area contributed by atoms with Crippen molar-refractivity contribution in [3.05, 3.63) is 47.8 Å². The molecule has 0 saturated heterocycles. The van der Waals surface area contributed by atoms with E-state index in [0.717, 1.165) is 11.0 Å². The van der Waals surface area contributed by atoms with Gasteiger partial charge in [0.25, 0.3) is 0 Å². The van der Waals surface area contributed by atoms with Gasteiger partial charge in [0, 0.05) is 23.2 Å². The molecule has 0 radical (unpaired) electrons. The molecule has 0 atom stereocenters. The van der Waals surface area contributed by atoms with E-state index in [0.29, 0.717) is 0 Å². The topological polar surface area (TPSA) is 25.8 Å². The van der Waals surface area contributed by atoms with Gasteiger partial charge in [-0.3, -0.25) is 9.97 Å². The molecule has 0 saturated carbocycles. The average Bonchev–Trinajstić information content (AvgIpc) is 2.36. The maximum Gasteiger partial charge on any atom is 0.0967 e. The number of pyridine rings is 2. The molecule has 0 bridgehead atoms. The fourth-order valence-corrected chi connectivity index (χ4v) is 2.20. The fourth-order valence-electron chi connectivity index (χ4n) is 2.20. The molecular weight excluding hydrogens is 196 g/mol. The Morgan fingerprint density at radius 1 is 0.750 bits per heavy atom. The Kier molecular flexibility index (Phi) is 1.90. The molecule has 0 spiro atoms. The number of nitrogens with zero attached hydrogens (tertiary/aromatic N) is 2. The van der Waals surface area contributed by atoms with E-state index in [1.165, 1.54) is 21.9 Å². The Hall–Kier alpha value is -1.96. The predicted molar refractivity (Wildman–Crippen MR) is 66.5 cm³/mol. The Balaban J connectivity index is 2.69. The summed E-state index contributed by atoms with van der Waals surface area (Å²) in [5.74, 6) is 0. The predicted octanol–water partition coefficient (Wildman–Crippen LogP) is 3.40. The summed E-state index contributed by atoms with van der Waals surface area (Å²) in [6.45, 7) is 4.29. The van der Waals surface area contributed by atoms with Crippen LogP contribution in [0.25, 0.3) is 21.8 Å². The van der Waals surface area contributed by atoms with Crippen LogP contribution in [0.1, 0.15) is 11.1 Å². The fraction of sp³-hybridized carbons (Fsp3) is 0.143. The number of fused-ring (bicyclic) bond motifs is 3. The average molecular weight is 208 g/mol. The van der Waals surface area contributed by atoms with Gasteiger partial charge in [0.15, 0.2) is 0 Å². The van der Waals surface area contributed by atoms with Crippen LogP contribution >= 0.6 is 0 Å². The summed E-state index contributed by atoms with van der Waals surface area (Å²) >= 11 is 0. The maximum absolute atomic E-state index is 4.45. The van der Waals surface area contributed by atoms with Crippen LogP contribution in [-0.4, -0.2) is 9.97 Å². The maximum atomic E-state index is 4.45. The van der Waals surface area contributed by atoms with E-state index in [-0.39, 0.29) is 0 Å². The number of hydrogen-bond donors (Lipinski definition) is 0. The SMILES string of the molecule is Cc1c(C)c2cccnc2c2ncccc12. The summed E-state index contributed by atoms with van der Waals surface area (Å²) in [6.07, 6.45) is 3.65. The van der Waals surface area contributed by atoms with Crippen LogP contribution in [0.5, 0.6) is 0 Å². The lowest BCUT2D eigenvalue weighted by molar-refractivity contribution is 1.33. The monoisotopic (exact) mass is 208 g/mol. The van der Waals surface area contributed by atoms with Gasteiger partial charge in [-0.15, -0.1) is 0 Å². The Labute approximate surface area is 94.0 Å². The highest BCUT2D eigenvalue weighted by molar-refractivity contribution is 6.06. The molecule has 0 fully saturated rings. The van der Waals surface area contributed by atoms with Crippen LogP contribution in [0.3, 0.4) is 0 Å². The number of rotatable bonds is 0. The molecule has 0 aliphatic rings. The van der Waals surface area contributed by atoms with Crippen LogP contribution in [0, 0.1) is 13.8 Å². The number of aryl methyl sites for hydroxylation is 2. The first-order valence-corrected chi connectivity index (χ1v) is 5.37. The van der Waals surface area contributed by atoms with E-state index in [9.17, 15) is 0 Å². The van der Waals surface area contributed by atoms with E-state index in [1.54, 1.807) is 0 Å². The highest BCUT2D eigenvalue weighted by atomic mass is 14.7. The zero-order chi connectivity index (χ0) is 11.1. The first kappa shape index (κ1) is 9.28. The number of hydrogen-bond acceptors (Lipinski definition) is 2. The van der Waals surface area contributed by atoms with Crippen molar-refractivity contribution in [2.24, 2.45) is 0 Å². The summed E-state index contributed by atoms with van der Waals surface area (Å²) in [4.78, 5) is 8.90. The lowest BCUT2D eigenvalue weighted by Gasteiger charge is -2.09.